The molecule has 0 fully saturated rings. The molecule has 1 rings (SSSR count). The maximum atomic E-state index is 12.8. The Morgan fingerprint density at radius 2 is 1.94 bits per heavy atom. The summed E-state index contributed by atoms with van der Waals surface area (Å²) in [6.07, 6.45) is 2.18. The first-order valence-corrected chi connectivity index (χ1v) is 6.73. The van der Waals surface area contributed by atoms with Crippen molar-refractivity contribution in [3.63, 3.8) is 0 Å². The summed E-state index contributed by atoms with van der Waals surface area (Å²) < 4.78 is 12.8. The fourth-order valence-corrected chi connectivity index (χ4v) is 2.13. The molecule has 0 heterocycles. The Labute approximate surface area is 110 Å². The predicted molar refractivity (Wildman–Crippen MR) is 75.3 cm³/mol. The quantitative estimate of drug-likeness (QED) is 0.765. The molecule has 3 heteroatoms. The monoisotopic (exact) mass is 252 g/mol. The number of rotatable bonds is 8. The van der Waals surface area contributed by atoms with Crippen molar-refractivity contribution in [3.05, 3.63) is 35.6 Å². The molecule has 1 N–H and O–H groups in total. The molecule has 102 valence electrons. The van der Waals surface area contributed by atoms with Crippen LogP contribution < -0.4 is 5.32 Å². The summed E-state index contributed by atoms with van der Waals surface area (Å²) in [7, 11) is 4.16. The lowest BCUT2D eigenvalue weighted by molar-refractivity contribution is 0.271. The average molecular weight is 252 g/mol. The molecule has 0 aliphatic carbocycles. The van der Waals surface area contributed by atoms with Gasteiger partial charge >= 0.3 is 0 Å². The summed E-state index contributed by atoms with van der Waals surface area (Å²) >= 11 is 0. The molecule has 0 aliphatic rings. The third kappa shape index (κ3) is 5.61. The van der Waals surface area contributed by atoms with Gasteiger partial charge < -0.3 is 10.2 Å². The predicted octanol–water partition coefficient (Wildman–Crippen LogP) is 2.55. The van der Waals surface area contributed by atoms with E-state index in [4.69, 9.17) is 0 Å². The molecule has 0 radical (unpaired) electrons. The van der Waals surface area contributed by atoms with Crippen LogP contribution in [-0.4, -0.2) is 38.6 Å². The first-order chi connectivity index (χ1) is 8.65. The third-order valence-corrected chi connectivity index (χ3v) is 3.34. The van der Waals surface area contributed by atoms with Crippen LogP contribution in [0.15, 0.2) is 24.3 Å². The van der Waals surface area contributed by atoms with Crippen molar-refractivity contribution in [2.45, 2.75) is 19.8 Å². The Morgan fingerprint density at radius 3 is 2.50 bits per heavy atom. The summed E-state index contributed by atoms with van der Waals surface area (Å²) in [4.78, 5) is 2.36. The summed E-state index contributed by atoms with van der Waals surface area (Å²) in [5.74, 6) is 0.542. The highest BCUT2D eigenvalue weighted by atomic mass is 19.1. The molecule has 0 spiro atoms. The van der Waals surface area contributed by atoms with Crippen LogP contribution in [0.3, 0.4) is 0 Å². The molecular weight excluding hydrogens is 227 g/mol. The average Bonchev–Trinajstić information content (AvgIpc) is 2.37. The van der Waals surface area contributed by atoms with Crippen LogP contribution in [0, 0.1) is 11.7 Å². The van der Waals surface area contributed by atoms with E-state index in [1.807, 2.05) is 19.2 Å². The third-order valence-electron chi connectivity index (χ3n) is 3.34. The van der Waals surface area contributed by atoms with Gasteiger partial charge in [0.15, 0.2) is 0 Å². The maximum Gasteiger partial charge on any atom is 0.123 e. The minimum Gasteiger partial charge on any atom is -0.319 e. The number of hydrogen-bond donors (Lipinski definition) is 1. The van der Waals surface area contributed by atoms with Gasteiger partial charge in [-0.2, -0.15) is 0 Å². The van der Waals surface area contributed by atoms with Crippen LogP contribution in [-0.2, 0) is 6.42 Å². The summed E-state index contributed by atoms with van der Waals surface area (Å²) in [6, 6.07) is 6.80. The van der Waals surface area contributed by atoms with Gasteiger partial charge in [0, 0.05) is 13.1 Å². The van der Waals surface area contributed by atoms with Crippen molar-refractivity contribution in [1.82, 2.24) is 10.2 Å². The minimum atomic E-state index is -0.160. The van der Waals surface area contributed by atoms with E-state index in [1.165, 1.54) is 24.1 Å². The highest BCUT2D eigenvalue weighted by Crippen LogP contribution is 2.06. The number of likely N-dealkylation sites (N-methyl/N-ethyl adjacent to an activating group) is 1. The molecule has 0 aliphatic heterocycles. The van der Waals surface area contributed by atoms with Crippen LogP contribution in [0.5, 0.6) is 0 Å². The van der Waals surface area contributed by atoms with Crippen molar-refractivity contribution in [2.24, 2.45) is 5.92 Å². The van der Waals surface area contributed by atoms with Crippen LogP contribution in [0.2, 0.25) is 0 Å². The summed E-state index contributed by atoms with van der Waals surface area (Å²) in [6.45, 7) is 5.43. The highest BCUT2D eigenvalue weighted by molar-refractivity contribution is 5.16. The summed E-state index contributed by atoms with van der Waals surface area (Å²) in [5.41, 5.74) is 1.20. The van der Waals surface area contributed by atoms with Crippen LogP contribution in [0.25, 0.3) is 0 Å². The summed E-state index contributed by atoms with van der Waals surface area (Å²) in [5, 5.41) is 3.24. The lowest BCUT2D eigenvalue weighted by atomic mass is 10.1. The molecule has 1 atom stereocenters. The van der Waals surface area contributed by atoms with Gasteiger partial charge in [0.1, 0.15) is 5.82 Å². The first kappa shape index (κ1) is 15.1. The van der Waals surface area contributed by atoms with Gasteiger partial charge in [-0.05, 0) is 50.7 Å². The number of halogens is 1. The van der Waals surface area contributed by atoms with Crippen LogP contribution >= 0.6 is 0 Å². The Hall–Kier alpha value is -0.930. The smallest absolute Gasteiger partial charge is 0.123 e. The number of nitrogens with zero attached hydrogens (tertiary/aromatic N) is 1. The van der Waals surface area contributed by atoms with Gasteiger partial charge in [0.25, 0.3) is 0 Å². The second kappa shape index (κ2) is 8.22. The number of benzene rings is 1. The number of hydrogen-bond acceptors (Lipinski definition) is 2. The molecule has 0 amide bonds. The second-order valence-corrected chi connectivity index (χ2v) is 4.97. The van der Waals surface area contributed by atoms with Crippen LogP contribution in [0.1, 0.15) is 18.9 Å². The SMILES string of the molecule is CCC(CNC)CN(C)CCc1ccc(F)cc1. The molecule has 18 heavy (non-hydrogen) atoms. The van der Waals surface area contributed by atoms with E-state index in [-0.39, 0.29) is 5.82 Å². The Kier molecular flexibility index (Phi) is 6.91. The molecule has 0 aromatic heterocycles. The second-order valence-electron chi connectivity index (χ2n) is 4.97. The zero-order chi connectivity index (χ0) is 13.4. The number of nitrogens with one attached hydrogen (secondary N) is 1. The van der Waals surface area contributed by atoms with E-state index >= 15 is 0 Å². The van der Waals surface area contributed by atoms with Crippen molar-refractivity contribution in [1.29, 1.82) is 0 Å². The Balaban J connectivity index is 2.31. The topological polar surface area (TPSA) is 15.3 Å². The van der Waals surface area contributed by atoms with E-state index in [0.29, 0.717) is 5.92 Å². The fourth-order valence-electron chi connectivity index (χ4n) is 2.13. The van der Waals surface area contributed by atoms with Gasteiger partial charge in [-0.1, -0.05) is 25.5 Å². The van der Waals surface area contributed by atoms with Crippen molar-refractivity contribution in [2.75, 3.05) is 33.7 Å². The van der Waals surface area contributed by atoms with E-state index in [1.54, 1.807) is 0 Å². The zero-order valence-electron chi connectivity index (χ0n) is 11.7. The molecule has 1 unspecified atom stereocenters. The molecule has 0 bridgehead atoms. The zero-order valence-corrected chi connectivity index (χ0v) is 11.7. The van der Waals surface area contributed by atoms with Gasteiger partial charge in [-0.3, -0.25) is 0 Å². The van der Waals surface area contributed by atoms with Gasteiger partial charge in [-0.15, -0.1) is 0 Å². The highest BCUT2D eigenvalue weighted by Gasteiger charge is 2.08. The standard InChI is InChI=1S/C15H25FN2/c1-4-13(11-17-2)12-18(3)10-9-14-5-7-15(16)8-6-14/h5-8,13,17H,4,9-12H2,1-3H3. The van der Waals surface area contributed by atoms with Crippen LogP contribution in [0.4, 0.5) is 4.39 Å². The fraction of sp³-hybridized carbons (Fsp3) is 0.600. The Bertz CT molecular complexity index is 324. The van der Waals surface area contributed by atoms with E-state index in [2.05, 4.69) is 24.2 Å². The van der Waals surface area contributed by atoms with E-state index in [0.717, 1.165) is 26.1 Å². The normalized spacial score (nSPS) is 12.9. The molecular formula is C15H25FN2. The molecule has 2 nitrogen and oxygen atoms in total. The van der Waals surface area contributed by atoms with Gasteiger partial charge in [0.05, 0.1) is 0 Å². The van der Waals surface area contributed by atoms with Crippen molar-refractivity contribution >= 4 is 0 Å². The van der Waals surface area contributed by atoms with Crippen molar-refractivity contribution < 1.29 is 4.39 Å². The van der Waals surface area contributed by atoms with Gasteiger partial charge in [-0.25, -0.2) is 4.39 Å². The molecule has 0 saturated heterocycles. The van der Waals surface area contributed by atoms with E-state index < -0.39 is 0 Å². The molecule has 1 aromatic carbocycles. The minimum absolute atomic E-state index is 0.160. The lowest BCUT2D eigenvalue weighted by Crippen LogP contribution is -2.32. The molecule has 0 saturated carbocycles. The maximum absolute atomic E-state index is 12.8. The Morgan fingerprint density at radius 1 is 1.28 bits per heavy atom. The lowest BCUT2D eigenvalue weighted by Gasteiger charge is -2.23. The largest absolute Gasteiger partial charge is 0.319 e. The molecule has 1 aromatic rings. The van der Waals surface area contributed by atoms with E-state index in [9.17, 15) is 4.39 Å². The first-order valence-electron chi connectivity index (χ1n) is 6.73. The van der Waals surface area contributed by atoms with Gasteiger partial charge in [0.2, 0.25) is 0 Å². The van der Waals surface area contributed by atoms with Crippen molar-refractivity contribution in [3.8, 4) is 0 Å².